The van der Waals surface area contributed by atoms with E-state index in [2.05, 4.69) is 15.6 Å². The van der Waals surface area contributed by atoms with Crippen molar-refractivity contribution in [2.24, 2.45) is 5.92 Å². The van der Waals surface area contributed by atoms with Crippen molar-refractivity contribution in [2.45, 2.75) is 31.7 Å². The standard InChI is InChI=1S/C18H20FN3O4/c1-20-14-8-11(19)6-10-7-13(17(24)22-15(10)14)16(23)21-12-4-2-9(3-5-12)18(25)26/h6-9,12,20H,2-5H2,1H3,(H,21,23)(H,22,24)(H,25,26)/t9-,12-. The van der Waals surface area contributed by atoms with Crippen LogP contribution < -0.4 is 16.2 Å². The lowest BCUT2D eigenvalue weighted by atomic mass is 9.86. The molecule has 0 bridgehead atoms. The highest BCUT2D eigenvalue weighted by Crippen LogP contribution is 2.25. The summed E-state index contributed by atoms with van der Waals surface area (Å²) in [7, 11) is 1.61. The van der Waals surface area contributed by atoms with Gasteiger partial charge in [-0.25, -0.2) is 4.39 Å². The summed E-state index contributed by atoms with van der Waals surface area (Å²) >= 11 is 0. The van der Waals surface area contributed by atoms with Crippen molar-refractivity contribution in [1.29, 1.82) is 0 Å². The lowest BCUT2D eigenvalue weighted by Gasteiger charge is -2.26. The van der Waals surface area contributed by atoms with E-state index in [1.165, 1.54) is 18.2 Å². The number of pyridine rings is 1. The first-order valence-electron chi connectivity index (χ1n) is 8.47. The largest absolute Gasteiger partial charge is 0.481 e. The zero-order chi connectivity index (χ0) is 18.8. The summed E-state index contributed by atoms with van der Waals surface area (Å²) in [5.74, 6) is -2.22. The molecule has 1 aromatic heterocycles. The molecule has 0 aliphatic heterocycles. The Kier molecular flexibility index (Phi) is 4.92. The van der Waals surface area contributed by atoms with Gasteiger partial charge in [-0.05, 0) is 43.9 Å². The van der Waals surface area contributed by atoms with Crippen LogP contribution >= 0.6 is 0 Å². The lowest BCUT2D eigenvalue weighted by Crippen LogP contribution is -2.40. The zero-order valence-corrected chi connectivity index (χ0v) is 14.3. The van der Waals surface area contributed by atoms with Crippen LogP contribution in [0.4, 0.5) is 10.1 Å². The van der Waals surface area contributed by atoms with E-state index in [4.69, 9.17) is 5.11 Å². The van der Waals surface area contributed by atoms with Gasteiger partial charge in [-0.3, -0.25) is 14.4 Å². The van der Waals surface area contributed by atoms with Crippen molar-refractivity contribution in [3.63, 3.8) is 0 Å². The predicted octanol–water partition coefficient (Wildman–Crippen LogP) is 2.08. The van der Waals surface area contributed by atoms with E-state index < -0.39 is 23.3 Å². The third kappa shape index (κ3) is 3.54. The van der Waals surface area contributed by atoms with Gasteiger partial charge in [0.2, 0.25) is 0 Å². The first-order valence-corrected chi connectivity index (χ1v) is 8.47. The van der Waals surface area contributed by atoms with Crippen molar-refractivity contribution in [3.05, 3.63) is 39.9 Å². The Morgan fingerprint density at radius 1 is 1.19 bits per heavy atom. The third-order valence-electron chi connectivity index (χ3n) is 4.84. The minimum absolute atomic E-state index is 0.0921. The number of hydrogen-bond acceptors (Lipinski definition) is 4. The summed E-state index contributed by atoms with van der Waals surface area (Å²) in [6, 6.07) is 3.71. The number of carbonyl (C=O) groups is 2. The molecule has 1 fully saturated rings. The van der Waals surface area contributed by atoms with Gasteiger partial charge in [-0.1, -0.05) is 0 Å². The van der Waals surface area contributed by atoms with Gasteiger partial charge >= 0.3 is 5.97 Å². The number of fused-ring (bicyclic) bond motifs is 1. The number of carbonyl (C=O) groups excluding carboxylic acids is 1. The van der Waals surface area contributed by atoms with Crippen LogP contribution in [0.5, 0.6) is 0 Å². The number of nitrogens with one attached hydrogen (secondary N) is 3. The van der Waals surface area contributed by atoms with Crippen LogP contribution in [0.25, 0.3) is 10.9 Å². The van der Waals surface area contributed by atoms with Crippen LogP contribution in [0.1, 0.15) is 36.0 Å². The molecule has 1 aliphatic rings. The summed E-state index contributed by atoms with van der Waals surface area (Å²) in [4.78, 5) is 38.4. The molecular weight excluding hydrogens is 341 g/mol. The number of halogens is 1. The number of amides is 1. The molecule has 1 aliphatic carbocycles. The average molecular weight is 361 g/mol. The lowest BCUT2D eigenvalue weighted by molar-refractivity contribution is -0.142. The van der Waals surface area contributed by atoms with Crippen LogP contribution in [0.2, 0.25) is 0 Å². The molecule has 2 aromatic rings. The number of anilines is 1. The minimum atomic E-state index is -0.817. The van der Waals surface area contributed by atoms with Crippen LogP contribution in [0.15, 0.2) is 23.0 Å². The molecule has 7 nitrogen and oxygen atoms in total. The smallest absolute Gasteiger partial charge is 0.306 e. The van der Waals surface area contributed by atoms with Crippen LogP contribution in [-0.4, -0.2) is 35.1 Å². The highest BCUT2D eigenvalue weighted by molar-refractivity contribution is 5.99. The number of aromatic amines is 1. The molecule has 1 saturated carbocycles. The summed E-state index contributed by atoms with van der Waals surface area (Å²) in [5, 5.41) is 15.0. The van der Waals surface area contributed by atoms with Gasteiger partial charge in [0.15, 0.2) is 0 Å². The Morgan fingerprint density at radius 3 is 2.50 bits per heavy atom. The highest BCUT2D eigenvalue weighted by atomic mass is 19.1. The van der Waals surface area contributed by atoms with Gasteiger partial charge in [0, 0.05) is 18.5 Å². The van der Waals surface area contributed by atoms with E-state index in [1.807, 2.05) is 0 Å². The molecule has 1 heterocycles. The third-order valence-corrected chi connectivity index (χ3v) is 4.84. The summed E-state index contributed by atoms with van der Waals surface area (Å²) in [6.45, 7) is 0. The van der Waals surface area contributed by atoms with E-state index in [9.17, 15) is 18.8 Å². The maximum atomic E-state index is 13.7. The second-order valence-electron chi connectivity index (χ2n) is 6.54. The van der Waals surface area contributed by atoms with Crippen LogP contribution in [-0.2, 0) is 4.79 Å². The SMILES string of the molecule is CNc1cc(F)cc2cc(C(=O)N[C@H]3CC[C@H](C(=O)O)CC3)c(=O)[nH]c12. The van der Waals surface area contributed by atoms with E-state index >= 15 is 0 Å². The first-order chi connectivity index (χ1) is 12.4. The predicted molar refractivity (Wildman–Crippen MR) is 94.9 cm³/mol. The fourth-order valence-electron chi connectivity index (χ4n) is 3.40. The maximum absolute atomic E-state index is 13.7. The number of carboxylic acid groups (broad SMARTS) is 1. The molecule has 138 valence electrons. The van der Waals surface area contributed by atoms with Crippen LogP contribution in [0.3, 0.4) is 0 Å². The van der Waals surface area contributed by atoms with Crippen molar-refractivity contribution >= 4 is 28.5 Å². The van der Waals surface area contributed by atoms with Gasteiger partial charge in [-0.15, -0.1) is 0 Å². The van der Waals surface area contributed by atoms with E-state index in [-0.39, 0.29) is 17.5 Å². The molecule has 0 atom stereocenters. The maximum Gasteiger partial charge on any atom is 0.306 e. The number of aromatic nitrogens is 1. The molecule has 1 aromatic carbocycles. The Balaban J connectivity index is 1.82. The normalized spacial score (nSPS) is 19.9. The Bertz CT molecular complexity index is 917. The van der Waals surface area contributed by atoms with Crippen molar-refractivity contribution in [3.8, 4) is 0 Å². The number of rotatable bonds is 4. The molecule has 4 N–H and O–H groups in total. The minimum Gasteiger partial charge on any atom is -0.481 e. The fraction of sp³-hybridized carbons (Fsp3) is 0.389. The second-order valence-corrected chi connectivity index (χ2v) is 6.54. The molecule has 0 radical (unpaired) electrons. The highest BCUT2D eigenvalue weighted by Gasteiger charge is 2.27. The molecule has 0 unspecified atom stereocenters. The van der Waals surface area contributed by atoms with Gasteiger partial charge in [-0.2, -0.15) is 0 Å². The molecule has 3 rings (SSSR count). The van der Waals surface area contributed by atoms with E-state index in [1.54, 1.807) is 7.05 Å². The number of benzene rings is 1. The number of carboxylic acids is 1. The summed E-state index contributed by atoms with van der Waals surface area (Å²) in [5.41, 5.74) is 0.205. The molecule has 0 spiro atoms. The molecule has 26 heavy (non-hydrogen) atoms. The van der Waals surface area contributed by atoms with E-state index in [0.717, 1.165) is 0 Å². The number of hydrogen-bond donors (Lipinski definition) is 4. The Morgan fingerprint density at radius 2 is 1.88 bits per heavy atom. The van der Waals surface area contributed by atoms with Gasteiger partial charge in [0.1, 0.15) is 11.4 Å². The van der Waals surface area contributed by atoms with Gasteiger partial charge < -0.3 is 20.7 Å². The molecule has 1 amide bonds. The monoisotopic (exact) mass is 361 g/mol. The number of aliphatic carboxylic acids is 1. The van der Waals surface area contributed by atoms with Gasteiger partial charge in [0.05, 0.1) is 17.1 Å². The first kappa shape index (κ1) is 17.9. The summed E-state index contributed by atoms with van der Waals surface area (Å²) in [6.07, 6.45) is 2.08. The van der Waals surface area contributed by atoms with Crippen LogP contribution in [0, 0.1) is 11.7 Å². The van der Waals surface area contributed by atoms with Crippen molar-refractivity contribution < 1.29 is 19.1 Å². The van der Waals surface area contributed by atoms with E-state index in [0.29, 0.717) is 42.3 Å². The molecule has 8 heteroatoms. The zero-order valence-electron chi connectivity index (χ0n) is 14.3. The Hall–Kier alpha value is -2.90. The average Bonchev–Trinajstić information content (AvgIpc) is 2.61. The summed E-state index contributed by atoms with van der Waals surface area (Å²) < 4.78 is 13.7. The topological polar surface area (TPSA) is 111 Å². The quantitative estimate of drug-likeness (QED) is 0.666. The molecule has 0 saturated heterocycles. The number of H-pyrrole nitrogens is 1. The fourth-order valence-corrected chi connectivity index (χ4v) is 3.40. The molecular formula is C18H20FN3O4. The van der Waals surface area contributed by atoms with Crippen molar-refractivity contribution in [2.75, 3.05) is 12.4 Å². The second kappa shape index (κ2) is 7.15. The van der Waals surface area contributed by atoms with Crippen molar-refractivity contribution in [1.82, 2.24) is 10.3 Å². The Labute approximate surface area is 148 Å². The van der Waals surface area contributed by atoms with Gasteiger partial charge in [0.25, 0.3) is 11.5 Å².